The minimum absolute atomic E-state index is 0.555. The summed E-state index contributed by atoms with van der Waals surface area (Å²) in [4.78, 5) is 0. The summed E-state index contributed by atoms with van der Waals surface area (Å²) in [6.45, 7) is 2.16. The molecule has 0 aliphatic heterocycles. The van der Waals surface area contributed by atoms with Crippen LogP contribution in [0.2, 0.25) is 6.55 Å². The monoisotopic (exact) mass is 242 g/mol. The minimum atomic E-state index is -0.622. The Morgan fingerprint density at radius 1 is 0.941 bits per heavy atom. The second kappa shape index (κ2) is 5.30. The predicted molar refractivity (Wildman–Crippen MR) is 74.9 cm³/mol. The first-order valence-electron chi connectivity index (χ1n) is 6.06. The van der Waals surface area contributed by atoms with E-state index >= 15 is 0 Å². The highest BCUT2D eigenvalue weighted by Crippen LogP contribution is 2.24. The average Bonchev–Trinajstić information content (AvgIpc) is 2.41. The third-order valence-electron chi connectivity index (χ3n) is 3.24. The molecule has 2 heteroatoms. The summed E-state index contributed by atoms with van der Waals surface area (Å²) in [7, 11) is -0.555. The van der Waals surface area contributed by atoms with Gasteiger partial charge in [-0.25, -0.2) is 0 Å². The first kappa shape index (κ1) is 12.1. The zero-order valence-electron chi connectivity index (χ0n) is 10.1. The number of aliphatic hydroxyl groups is 1. The third-order valence-corrected chi connectivity index (χ3v) is 5.06. The van der Waals surface area contributed by atoms with Crippen molar-refractivity contribution in [3.05, 3.63) is 71.8 Å². The Labute approximate surface area is 105 Å². The summed E-state index contributed by atoms with van der Waals surface area (Å²) in [6, 6.07) is 20.3. The van der Waals surface area contributed by atoms with Crippen molar-refractivity contribution in [2.24, 2.45) is 0 Å². The molecule has 0 bridgehead atoms. The zero-order chi connectivity index (χ0) is 12.1. The molecule has 2 aromatic rings. The minimum Gasteiger partial charge on any atom is -0.389 e. The quantitative estimate of drug-likeness (QED) is 0.816. The molecule has 1 nitrogen and oxygen atoms in total. The van der Waals surface area contributed by atoms with Crippen molar-refractivity contribution in [2.45, 2.75) is 18.2 Å². The van der Waals surface area contributed by atoms with Crippen LogP contribution in [0, 0.1) is 0 Å². The smallest absolute Gasteiger partial charge is 0.0760 e. The maximum absolute atomic E-state index is 10.8. The second-order valence-corrected chi connectivity index (χ2v) is 6.29. The molecule has 0 spiro atoms. The summed E-state index contributed by atoms with van der Waals surface area (Å²) in [5, 5.41) is 10.2. The van der Waals surface area contributed by atoms with E-state index in [1.807, 2.05) is 48.5 Å². The molecule has 0 aromatic heterocycles. The summed E-state index contributed by atoms with van der Waals surface area (Å²) >= 11 is 0. The second-order valence-electron chi connectivity index (χ2n) is 4.41. The van der Waals surface area contributed by atoms with Gasteiger partial charge in [0.1, 0.15) is 0 Å². The molecule has 1 N–H and O–H groups in total. The Kier molecular flexibility index (Phi) is 3.77. The molecule has 2 rings (SSSR count). The molecule has 0 heterocycles. The third kappa shape index (κ3) is 2.84. The summed E-state index contributed by atoms with van der Waals surface area (Å²) < 4.78 is 0. The van der Waals surface area contributed by atoms with Gasteiger partial charge in [0, 0.05) is 6.42 Å². The lowest BCUT2D eigenvalue weighted by Gasteiger charge is -2.27. The molecule has 88 valence electrons. The van der Waals surface area contributed by atoms with Gasteiger partial charge in [0.15, 0.2) is 0 Å². The Morgan fingerprint density at radius 2 is 1.47 bits per heavy atom. The zero-order valence-corrected chi connectivity index (χ0v) is 11.5. The first-order chi connectivity index (χ1) is 8.24. The van der Waals surface area contributed by atoms with E-state index < -0.39 is 14.7 Å². The predicted octanol–water partition coefficient (Wildman–Crippen LogP) is 2.29. The first-order valence-corrected chi connectivity index (χ1v) is 8.18. The number of hydrogen-bond acceptors (Lipinski definition) is 1. The fourth-order valence-electron chi connectivity index (χ4n) is 2.11. The van der Waals surface area contributed by atoms with Gasteiger partial charge in [-0.2, -0.15) is 0 Å². The van der Waals surface area contributed by atoms with Crippen LogP contribution in [0.25, 0.3) is 0 Å². The maximum Gasteiger partial charge on any atom is 0.0760 e. The van der Waals surface area contributed by atoms with Crippen LogP contribution in [0.15, 0.2) is 60.7 Å². The van der Waals surface area contributed by atoms with E-state index in [1.54, 1.807) is 0 Å². The van der Waals surface area contributed by atoms with Gasteiger partial charge in [-0.05, 0) is 11.1 Å². The van der Waals surface area contributed by atoms with Gasteiger partial charge in [-0.3, -0.25) is 0 Å². The van der Waals surface area contributed by atoms with Gasteiger partial charge >= 0.3 is 0 Å². The lowest BCUT2D eigenvalue weighted by molar-refractivity contribution is 0.124. The molecule has 0 saturated carbocycles. The lowest BCUT2D eigenvalue weighted by Crippen LogP contribution is -2.34. The van der Waals surface area contributed by atoms with Crippen molar-refractivity contribution in [1.29, 1.82) is 0 Å². The molecular formula is C15H18OSi. The summed E-state index contributed by atoms with van der Waals surface area (Å²) in [5.41, 5.74) is 2.26. The number of rotatable bonds is 4. The van der Waals surface area contributed by atoms with Crippen molar-refractivity contribution >= 4 is 9.52 Å². The van der Waals surface area contributed by atoms with Crippen LogP contribution in [0.5, 0.6) is 0 Å². The molecule has 0 radical (unpaired) electrons. The van der Waals surface area contributed by atoms with Gasteiger partial charge in [0.05, 0.1) is 14.7 Å². The fraction of sp³-hybridized carbons (Fsp3) is 0.200. The molecule has 0 aliphatic rings. The van der Waals surface area contributed by atoms with Crippen molar-refractivity contribution in [2.75, 3.05) is 0 Å². The fourth-order valence-corrected chi connectivity index (χ4v) is 3.30. The standard InChI is InChI=1S/C15H18OSi/c1-17-15(16,14-10-6-3-7-11-14)12-13-8-4-2-5-9-13/h2-11,16H,12,17H2,1H3. The van der Waals surface area contributed by atoms with E-state index in [2.05, 4.69) is 18.7 Å². The van der Waals surface area contributed by atoms with Crippen LogP contribution < -0.4 is 0 Å². The van der Waals surface area contributed by atoms with Crippen molar-refractivity contribution in [1.82, 2.24) is 0 Å². The van der Waals surface area contributed by atoms with Gasteiger partial charge in [-0.15, -0.1) is 0 Å². The van der Waals surface area contributed by atoms with Crippen LogP contribution >= 0.6 is 0 Å². The molecule has 0 amide bonds. The highest BCUT2D eigenvalue weighted by molar-refractivity contribution is 6.37. The number of benzene rings is 2. The Balaban J connectivity index is 2.27. The van der Waals surface area contributed by atoms with E-state index in [4.69, 9.17) is 0 Å². The van der Waals surface area contributed by atoms with Gasteiger partial charge in [0.2, 0.25) is 0 Å². The van der Waals surface area contributed by atoms with Crippen LogP contribution in [0.4, 0.5) is 0 Å². The Hall–Kier alpha value is -1.38. The highest BCUT2D eigenvalue weighted by atomic mass is 28.2. The van der Waals surface area contributed by atoms with Crippen molar-refractivity contribution in [3.8, 4) is 0 Å². The largest absolute Gasteiger partial charge is 0.389 e. The van der Waals surface area contributed by atoms with Crippen molar-refractivity contribution < 1.29 is 5.11 Å². The Morgan fingerprint density at radius 3 is 2.00 bits per heavy atom. The molecule has 1 atom stereocenters. The average molecular weight is 242 g/mol. The maximum atomic E-state index is 10.8. The SMILES string of the molecule is C[SiH2]C(O)(Cc1ccccc1)c1ccccc1. The molecular weight excluding hydrogens is 224 g/mol. The molecule has 0 fully saturated rings. The van der Waals surface area contributed by atoms with Crippen LogP contribution in [-0.4, -0.2) is 14.6 Å². The summed E-state index contributed by atoms with van der Waals surface area (Å²) in [5.74, 6) is 0. The molecule has 1 unspecified atom stereocenters. The summed E-state index contributed by atoms with van der Waals surface area (Å²) in [6.07, 6.45) is 0.723. The van der Waals surface area contributed by atoms with Gasteiger partial charge in [0.25, 0.3) is 0 Å². The van der Waals surface area contributed by atoms with Gasteiger partial charge < -0.3 is 5.11 Å². The topological polar surface area (TPSA) is 20.2 Å². The highest BCUT2D eigenvalue weighted by Gasteiger charge is 2.27. The molecule has 17 heavy (non-hydrogen) atoms. The van der Waals surface area contributed by atoms with E-state index in [0.717, 1.165) is 12.0 Å². The van der Waals surface area contributed by atoms with Crippen LogP contribution in [-0.2, 0) is 11.6 Å². The normalized spacial score (nSPS) is 14.9. The van der Waals surface area contributed by atoms with E-state index in [9.17, 15) is 5.11 Å². The van der Waals surface area contributed by atoms with Crippen LogP contribution in [0.3, 0.4) is 0 Å². The Bertz CT molecular complexity index is 455. The molecule has 0 saturated heterocycles. The van der Waals surface area contributed by atoms with E-state index in [0.29, 0.717) is 0 Å². The van der Waals surface area contributed by atoms with Crippen LogP contribution in [0.1, 0.15) is 11.1 Å². The molecule has 2 aromatic carbocycles. The van der Waals surface area contributed by atoms with Crippen molar-refractivity contribution in [3.63, 3.8) is 0 Å². The lowest BCUT2D eigenvalue weighted by atomic mass is 10.0. The van der Waals surface area contributed by atoms with E-state index in [-0.39, 0.29) is 0 Å². The molecule has 0 aliphatic carbocycles. The number of hydrogen-bond donors (Lipinski definition) is 1. The van der Waals surface area contributed by atoms with E-state index in [1.165, 1.54) is 5.56 Å². The van der Waals surface area contributed by atoms with Gasteiger partial charge in [-0.1, -0.05) is 67.2 Å².